The summed E-state index contributed by atoms with van der Waals surface area (Å²) in [5.74, 6) is -1.79. The van der Waals surface area contributed by atoms with Crippen molar-refractivity contribution in [3.8, 4) is 0 Å². The minimum atomic E-state index is -5.22. The summed E-state index contributed by atoms with van der Waals surface area (Å²) in [6, 6.07) is -1.14. The smallest absolute Gasteiger partial charge is 0.419 e. The van der Waals surface area contributed by atoms with E-state index in [9.17, 15) is 53.5 Å². The molecule has 238 valence electrons. The second-order valence-electron chi connectivity index (χ2n) is 10.9. The van der Waals surface area contributed by atoms with Crippen LogP contribution in [0, 0.1) is 5.82 Å². The largest absolute Gasteiger partial charge is 0.453 e. The molecule has 6 nitrogen and oxygen atoms in total. The molecular weight excluding hydrogens is 606 g/mol. The predicted octanol–water partition coefficient (Wildman–Crippen LogP) is 8.73. The van der Waals surface area contributed by atoms with Crippen molar-refractivity contribution >= 4 is 17.9 Å². The lowest BCUT2D eigenvalue weighted by molar-refractivity contribution is -0.143. The van der Waals surface area contributed by atoms with Crippen LogP contribution in [0.25, 0.3) is 0 Å². The van der Waals surface area contributed by atoms with Crippen LogP contribution in [0.15, 0.2) is 30.3 Å². The Labute approximate surface area is 239 Å². The van der Waals surface area contributed by atoms with E-state index >= 15 is 0 Å². The van der Waals surface area contributed by atoms with Crippen molar-refractivity contribution in [1.82, 2.24) is 4.90 Å². The highest BCUT2D eigenvalue weighted by molar-refractivity contribution is 5.91. The fourth-order valence-electron chi connectivity index (χ4n) is 4.67. The number of anilines is 1. The highest BCUT2D eigenvalue weighted by Gasteiger charge is 2.44. The minimum absolute atomic E-state index is 0.114. The van der Waals surface area contributed by atoms with Crippen LogP contribution >= 0.6 is 0 Å². The van der Waals surface area contributed by atoms with Crippen LogP contribution in [0.2, 0.25) is 0 Å². The van der Waals surface area contributed by atoms with Crippen LogP contribution in [-0.2, 0) is 34.5 Å². The summed E-state index contributed by atoms with van der Waals surface area (Å²) in [5, 5.41) is 0. The zero-order chi connectivity index (χ0) is 32.9. The number of nitrogens with zero attached hydrogens (tertiary/aromatic N) is 2. The number of ether oxygens (including phenoxy) is 2. The van der Waals surface area contributed by atoms with Gasteiger partial charge in [-0.3, -0.25) is 9.80 Å². The maximum atomic E-state index is 14.8. The van der Waals surface area contributed by atoms with Gasteiger partial charge in [-0.15, -0.1) is 0 Å². The van der Waals surface area contributed by atoms with Gasteiger partial charge >= 0.3 is 30.7 Å². The number of hydrogen-bond acceptors (Lipinski definition) is 4. The van der Waals surface area contributed by atoms with Crippen molar-refractivity contribution in [2.45, 2.75) is 76.9 Å². The lowest BCUT2D eigenvalue weighted by atomic mass is 9.89. The standard InChI is InChI=1S/C27H26F10N2O4/c1-13-6-20(17-10-19(28)18(27(35,36)37)11-21(17)39(13)23(41)43-24(2,3)4)38(22(40)42-5)12-14-7-15(25(29,30)31)9-16(8-14)26(32,33)34/h7-11,13,20H,6,12H2,1-5H3. The number of hydrogen-bond donors (Lipinski definition) is 0. The summed E-state index contributed by atoms with van der Waals surface area (Å²) >= 11 is 0. The SMILES string of the molecule is COC(=O)N(Cc1cc(C(F)(F)F)cc(C(F)(F)F)c1)C1CC(C)N(C(=O)OC(C)(C)C)c2cc(C(F)(F)F)c(F)cc21. The summed E-state index contributed by atoms with van der Waals surface area (Å²) in [6.07, 6.45) is -18.4. The number of methoxy groups -OCH3 is 1. The number of carbonyl (C=O) groups excluding carboxylic acids is 2. The van der Waals surface area contributed by atoms with Crippen molar-refractivity contribution in [1.29, 1.82) is 0 Å². The molecule has 0 fully saturated rings. The zero-order valence-corrected chi connectivity index (χ0v) is 23.3. The van der Waals surface area contributed by atoms with Crippen molar-refractivity contribution < 1.29 is 63.0 Å². The van der Waals surface area contributed by atoms with Gasteiger partial charge in [0.25, 0.3) is 0 Å². The first-order valence-electron chi connectivity index (χ1n) is 12.5. The Hall–Kier alpha value is -3.72. The van der Waals surface area contributed by atoms with Crippen LogP contribution < -0.4 is 4.90 Å². The van der Waals surface area contributed by atoms with Gasteiger partial charge in [0.15, 0.2) is 0 Å². The molecule has 1 heterocycles. The average Bonchev–Trinajstić information content (AvgIpc) is 2.83. The van der Waals surface area contributed by atoms with Gasteiger partial charge in [0.2, 0.25) is 0 Å². The van der Waals surface area contributed by atoms with E-state index in [2.05, 4.69) is 0 Å². The summed E-state index contributed by atoms with van der Waals surface area (Å²) in [6.45, 7) is 4.86. The van der Waals surface area contributed by atoms with Gasteiger partial charge in [-0.1, -0.05) is 0 Å². The van der Waals surface area contributed by atoms with Gasteiger partial charge in [-0.2, -0.15) is 39.5 Å². The van der Waals surface area contributed by atoms with Crippen LogP contribution in [-0.4, -0.2) is 35.8 Å². The molecule has 1 aliphatic rings. The van der Waals surface area contributed by atoms with E-state index in [1.165, 1.54) is 27.7 Å². The van der Waals surface area contributed by atoms with Gasteiger partial charge in [0.1, 0.15) is 11.4 Å². The molecule has 0 aromatic heterocycles. The second kappa shape index (κ2) is 11.4. The highest BCUT2D eigenvalue weighted by atomic mass is 19.4. The van der Waals surface area contributed by atoms with Crippen molar-refractivity contribution in [3.05, 3.63) is 64.0 Å². The van der Waals surface area contributed by atoms with E-state index in [-0.39, 0.29) is 18.1 Å². The molecule has 2 amide bonds. The van der Waals surface area contributed by atoms with Crippen LogP contribution in [0.4, 0.5) is 59.2 Å². The molecule has 2 atom stereocenters. The van der Waals surface area contributed by atoms with Gasteiger partial charge in [0, 0.05) is 18.2 Å². The first-order valence-corrected chi connectivity index (χ1v) is 12.5. The molecule has 0 saturated carbocycles. The molecule has 0 bridgehead atoms. The zero-order valence-electron chi connectivity index (χ0n) is 23.3. The summed E-state index contributed by atoms with van der Waals surface area (Å²) in [5.41, 5.74) is -7.77. The molecule has 0 spiro atoms. The van der Waals surface area contributed by atoms with E-state index in [0.717, 1.165) is 12.0 Å². The molecule has 1 aliphatic heterocycles. The molecule has 0 aliphatic carbocycles. The van der Waals surface area contributed by atoms with E-state index < -0.39 is 88.7 Å². The van der Waals surface area contributed by atoms with E-state index in [1.54, 1.807) is 0 Å². The number of benzene rings is 2. The third-order valence-corrected chi connectivity index (χ3v) is 6.42. The molecular formula is C27H26F10N2O4. The van der Waals surface area contributed by atoms with Crippen molar-refractivity contribution in [3.63, 3.8) is 0 Å². The Bertz CT molecular complexity index is 1350. The molecule has 2 unspecified atom stereocenters. The Morgan fingerprint density at radius 2 is 1.42 bits per heavy atom. The van der Waals surface area contributed by atoms with E-state index in [0.29, 0.717) is 29.2 Å². The number of fused-ring (bicyclic) bond motifs is 1. The third kappa shape index (κ3) is 7.63. The van der Waals surface area contributed by atoms with Gasteiger partial charge < -0.3 is 9.47 Å². The number of carbonyl (C=O) groups is 2. The fraction of sp³-hybridized carbons (Fsp3) is 0.481. The van der Waals surface area contributed by atoms with Gasteiger partial charge in [0.05, 0.1) is 35.5 Å². The summed E-state index contributed by atoms with van der Waals surface area (Å²) in [4.78, 5) is 27.4. The Morgan fingerprint density at radius 3 is 1.86 bits per heavy atom. The second-order valence-corrected chi connectivity index (χ2v) is 10.9. The third-order valence-electron chi connectivity index (χ3n) is 6.42. The Morgan fingerprint density at radius 1 is 0.884 bits per heavy atom. The normalized spacial score (nSPS) is 17.8. The Kier molecular flexibility index (Phi) is 8.96. The van der Waals surface area contributed by atoms with Crippen molar-refractivity contribution in [2.24, 2.45) is 0 Å². The van der Waals surface area contributed by atoms with Crippen LogP contribution in [0.1, 0.15) is 68.0 Å². The van der Waals surface area contributed by atoms with E-state index in [4.69, 9.17) is 9.47 Å². The molecule has 43 heavy (non-hydrogen) atoms. The summed E-state index contributed by atoms with van der Waals surface area (Å²) < 4.78 is 147. The van der Waals surface area contributed by atoms with Crippen LogP contribution in [0.5, 0.6) is 0 Å². The molecule has 0 saturated heterocycles. The number of alkyl halides is 9. The first-order chi connectivity index (χ1) is 19.4. The molecule has 0 N–H and O–H groups in total. The maximum Gasteiger partial charge on any atom is 0.419 e. The topological polar surface area (TPSA) is 59.1 Å². The summed E-state index contributed by atoms with van der Waals surface area (Å²) in [7, 11) is 0.857. The Balaban J connectivity index is 2.24. The monoisotopic (exact) mass is 632 g/mol. The molecule has 0 radical (unpaired) electrons. The lowest BCUT2D eigenvalue weighted by Gasteiger charge is -2.43. The quantitative estimate of drug-likeness (QED) is 0.318. The first kappa shape index (κ1) is 33.8. The van der Waals surface area contributed by atoms with E-state index in [1.807, 2.05) is 0 Å². The minimum Gasteiger partial charge on any atom is -0.453 e. The van der Waals surface area contributed by atoms with Crippen LogP contribution in [0.3, 0.4) is 0 Å². The predicted molar refractivity (Wildman–Crippen MR) is 131 cm³/mol. The molecule has 16 heteroatoms. The van der Waals surface area contributed by atoms with Gasteiger partial charge in [-0.25, -0.2) is 14.0 Å². The van der Waals surface area contributed by atoms with Gasteiger partial charge in [-0.05, 0) is 70.0 Å². The van der Waals surface area contributed by atoms with Crippen molar-refractivity contribution in [2.75, 3.05) is 12.0 Å². The lowest BCUT2D eigenvalue weighted by Crippen LogP contribution is -2.49. The number of amides is 2. The maximum absolute atomic E-state index is 14.8. The molecule has 2 aromatic rings. The average molecular weight is 632 g/mol. The number of rotatable bonds is 3. The highest BCUT2D eigenvalue weighted by Crippen LogP contribution is 2.46. The number of halogens is 10. The molecule has 3 rings (SSSR count). The molecule has 2 aromatic carbocycles. The fourth-order valence-corrected chi connectivity index (χ4v) is 4.67.